The molecule has 1 saturated heterocycles. The van der Waals surface area contributed by atoms with Gasteiger partial charge in [-0.3, -0.25) is 9.69 Å². The number of aromatic nitrogens is 1. The van der Waals surface area contributed by atoms with Gasteiger partial charge in [0.05, 0.1) is 11.8 Å². The lowest BCUT2D eigenvalue weighted by molar-refractivity contribution is 0.0619. The lowest BCUT2D eigenvalue weighted by Gasteiger charge is -2.34. The van der Waals surface area contributed by atoms with Gasteiger partial charge in [0, 0.05) is 56.9 Å². The van der Waals surface area contributed by atoms with Crippen molar-refractivity contribution in [2.75, 3.05) is 26.2 Å². The van der Waals surface area contributed by atoms with Crippen molar-refractivity contribution in [2.24, 2.45) is 7.05 Å². The zero-order valence-corrected chi connectivity index (χ0v) is 14.9. The first-order valence-corrected chi connectivity index (χ1v) is 8.79. The molecule has 1 aliphatic rings. The molecule has 0 N–H and O–H groups in total. The van der Waals surface area contributed by atoms with Crippen molar-refractivity contribution >= 4 is 28.6 Å². The van der Waals surface area contributed by atoms with Crippen LogP contribution in [0.2, 0.25) is 5.02 Å². The monoisotopic (exact) mass is 357 g/mol. The van der Waals surface area contributed by atoms with Crippen LogP contribution in [0.4, 0.5) is 0 Å². The zero-order chi connectivity index (χ0) is 17.4. The number of hydrogen-bond acceptors (Lipinski definition) is 3. The van der Waals surface area contributed by atoms with E-state index in [4.69, 9.17) is 16.0 Å². The summed E-state index contributed by atoms with van der Waals surface area (Å²) in [6.45, 7) is 3.94. The number of nitrogens with zero attached hydrogens (tertiary/aromatic N) is 3. The lowest BCUT2D eigenvalue weighted by atomic mass is 10.2. The van der Waals surface area contributed by atoms with Crippen molar-refractivity contribution in [3.63, 3.8) is 0 Å². The van der Waals surface area contributed by atoms with Crippen LogP contribution in [0.3, 0.4) is 0 Å². The second-order valence-corrected chi connectivity index (χ2v) is 6.83. The van der Waals surface area contributed by atoms with E-state index in [2.05, 4.69) is 11.0 Å². The minimum atomic E-state index is 0.0614. The smallest absolute Gasteiger partial charge is 0.270 e. The van der Waals surface area contributed by atoms with Crippen molar-refractivity contribution in [2.45, 2.75) is 6.54 Å². The highest BCUT2D eigenvalue weighted by Crippen LogP contribution is 2.22. The topological polar surface area (TPSA) is 41.6 Å². The number of amides is 1. The average Bonchev–Trinajstić information content (AvgIpc) is 3.20. The highest BCUT2D eigenvalue weighted by molar-refractivity contribution is 6.31. The van der Waals surface area contributed by atoms with E-state index in [0.717, 1.165) is 54.4 Å². The van der Waals surface area contributed by atoms with Crippen molar-refractivity contribution in [3.8, 4) is 0 Å². The fourth-order valence-corrected chi connectivity index (χ4v) is 3.59. The normalized spacial score (nSPS) is 15.8. The van der Waals surface area contributed by atoms with Gasteiger partial charge in [-0.15, -0.1) is 0 Å². The Bertz CT molecular complexity index is 906. The highest BCUT2D eigenvalue weighted by Gasteiger charge is 2.25. The van der Waals surface area contributed by atoms with E-state index in [9.17, 15) is 4.79 Å². The summed E-state index contributed by atoms with van der Waals surface area (Å²) in [5, 5.41) is 0.799. The molecule has 0 aliphatic carbocycles. The average molecular weight is 358 g/mol. The van der Waals surface area contributed by atoms with Crippen molar-refractivity contribution in [1.82, 2.24) is 14.4 Å². The summed E-state index contributed by atoms with van der Waals surface area (Å²) in [6.07, 6.45) is 1.65. The number of piperazine rings is 1. The standard InChI is InChI=1S/C19H20ClN3O2/c1-21-16-6-11-25-18(16)12-17(21)19(24)23-9-7-22(8-10-23)13-14-4-2-3-5-15(14)20/h2-6,11-12H,7-10,13H2,1H3. The molecule has 25 heavy (non-hydrogen) atoms. The molecule has 3 heterocycles. The first-order chi connectivity index (χ1) is 12.1. The van der Waals surface area contributed by atoms with Gasteiger partial charge in [-0.1, -0.05) is 29.8 Å². The SMILES string of the molecule is Cn1c(C(=O)N2CCN(Cc3ccccc3Cl)CC2)cc2occc21. The van der Waals surface area contributed by atoms with Gasteiger partial charge in [-0.05, 0) is 11.6 Å². The van der Waals surface area contributed by atoms with E-state index in [1.807, 2.05) is 46.8 Å². The number of rotatable bonds is 3. The molecule has 1 aliphatic heterocycles. The Morgan fingerprint density at radius 2 is 1.92 bits per heavy atom. The van der Waals surface area contributed by atoms with Crippen LogP contribution in [0.15, 0.2) is 47.1 Å². The molecule has 0 atom stereocenters. The van der Waals surface area contributed by atoms with Crippen LogP contribution >= 0.6 is 11.6 Å². The third-order valence-electron chi connectivity index (χ3n) is 4.89. The molecule has 1 aromatic carbocycles. The summed E-state index contributed by atoms with van der Waals surface area (Å²) in [5.74, 6) is 0.0614. The minimum absolute atomic E-state index is 0.0614. The molecule has 0 bridgehead atoms. The maximum absolute atomic E-state index is 12.8. The fraction of sp³-hybridized carbons (Fsp3) is 0.316. The Balaban J connectivity index is 1.41. The maximum Gasteiger partial charge on any atom is 0.270 e. The fourth-order valence-electron chi connectivity index (χ4n) is 3.39. The van der Waals surface area contributed by atoms with Gasteiger partial charge in [-0.25, -0.2) is 0 Å². The zero-order valence-electron chi connectivity index (χ0n) is 14.1. The summed E-state index contributed by atoms with van der Waals surface area (Å²) in [6, 6.07) is 11.6. The number of hydrogen-bond donors (Lipinski definition) is 0. The Kier molecular flexibility index (Phi) is 4.27. The Hall–Kier alpha value is -2.24. The first kappa shape index (κ1) is 16.2. The molecule has 6 heteroatoms. The summed E-state index contributed by atoms with van der Waals surface area (Å²) in [7, 11) is 1.90. The van der Waals surface area contributed by atoms with Crippen LogP contribution in [0.25, 0.3) is 11.1 Å². The minimum Gasteiger partial charge on any atom is -0.463 e. The largest absolute Gasteiger partial charge is 0.463 e. The van der Waals surface area contributed by atoms with Crippen molar-refractivity contribution < 1.29 is 9.21 Å². The Labute approximate surface area is 151 Å². The second kappa shape index (κ2) is 6.58. The van der Waals surface area contributed by atoms with E-state index in [1.165, 1.54) is 0 Å². The summed E-state index contributed by atoms with van der Waals surface area (Å²) < 4.78 is 7.30. The first-order valence-electron chi connectivity index (χ1n) is 8.41. The molecule has 0 unspecified atom stereocenters. The van der Waals surface area contributed by atoms with Crippen LogP contribution in [0.5, 0.6) is 0 Å². The van der Waals surface area contributed by atoms with Crippen LogP contribution in [-0.4, -0.2) is 46.5 Å². The van der Waals surface area contributed by atoms with Crippen LogP contribution in [0, 0.1) is 0 Å². The number of fused-ring (bicyclic) bond motifs is 1. The van der Waals surface area contributed by atoms with Gasteiger partial charge in [0.25, 0.3) is 5.91 Å². The molecular formula is C19H20ClN3O2. The molecule has 1 amide bonds. The highest BCUT2D eigenvalue weighted by atomic mass is 35.5. The van der Waals surface area contributed by atoms with E-state index in [0.29, 0.717) is 5.69 Å². The van der Waals surface area contributed by atoms with Crippen LogP contribution < -0.4 is 0 Å². The lowest BCUT2D eigenvalue weighted by Crippen LogP contribution is -2.48. The number of carbonyl (C=O) groups excluding carboxylic acids is 1. The van der Waals surface area contributed by atoms with Gasteiger partial charge in [0.15, 0.2) is 5.58 Å². The number of furan rings is 1. The van der Waals surface area contributed by atoms with Gasteiger partial charge < -0.3 is 13.9 Å². The Morgan fingerprint density at radius 1 is 1.16 bits per heavy atom. The number of carbonyl (C=O) groups is 1. The maximum atomic E-state index is 12.8. The molecule has 3 aromatic rings. The van der Waals surface area contributed by atoms with Gasteiger partial charge in [0.2, 0.25) is 0 Å². The Morgan fingerprint density at radius 3 is 2.64 bits per heavy atom. The summed E-state index contributed by atoms with van der Waals surface area (Å²) >= 11 is 6.25. The van der Waals surface area contributed by atoms with Gasteiger partial charge in [0.1, 0.15) is 5.69 Å². The second-order valence-electron chi connectivity index (χ2n) is 6.42. The summed E-state index contributed by atoms with van der Waals surface area (Å²) in [5.41, 5.74) is 3.50. The van der Waals surface area contributed by atoms with Crippen LogP contribution in [-0.2, 0) is 13.6 Å². The number of benzene rings is 1. The number of halogens is 1. The van der Waals surface area contributed by atoms with E-state index in [-0.39, 0.29) is 5.91 Å². The quantitative estimate of drug-likeness (QED) is 0.721. The third kappa shape index (κ3) is 3.05. The molecule has 4 rings (SSSR count). The van der Waals surface area contributed by atoms with Gasteiger partial charge >= 0.3 is 0 Å². The number of aryl methyl sites for hydroxylation is 1. The molecule has 0 spiro atoms. The summed E-state index contributed by atoms with van der Waals surface area (Å²) in [4.78, 5) is 17.1. The van der Waals surface area contributed by atoms with Crippen molar-refractivity contribution in [1.29, 1.82) is 0 Å². The van der Waals surface area contributed by atoms with E-state index < -0.39 is 0 Å². The molecule has 2 aromatic heterocycles. The van der Waals surface area contributed by atoms with Crippen molar-refractivity contribution in [3.05, 3.63) is 58.9 Å². The predicted molar refractivity (Wildman–Crippen MR) is 97.8 cm³/mol. The molecule has 1 fully saturated rings. The van der Waals surface area contributed by atoms with Gasteiger partial charge in [-0.2, -0.15) is 0 Å². The molecule has 5 nitrogen and oxygen atoms in total. The third-order valence-corrected chi connectivity index (χ3v) is 5.26. The molecule has 0 radical (unpaired) electrons. The molecule has 0 saturated carbocycles. The molecule has 130 valence electrons. The molecular weight excluding hydrogens is 338 g/mol. The van der Waals surface area contributed by atoms with E-state index in [1.54, 1.807) is 6.26 Å². The predicted octanol–water partition coefficient (Wildman–Crippen LogP) is 3.38. The van der Waals surface area contributed by atoms with E-state index >= 15 is 0 Å². The van der Waals surface area contributed by atoms with Crippen LogP contribution in [0.1, 0.15) is 16.1 Å².